The van der Waals surface area contributed by atoms with Crippen LogP contribution in [0.1, 0.15) is 22.5 Å². The van der Waals surface area contributed by atoms with Crippen LogP contribution in [-0.2, 0) is 4.79 Å². The monoisotopic (exact) mass is 566 g/mol. The van der Waals surface area contributed by atoms with E-state index in [1.165, 1.54) is 0 Å². The number of rotatable bonds is 3. The molecule has 0 saturated carbocycles. The average molecular weight is 567 g/mol. The van der Waals surface area contributed by atoms with Gasteiger partial charge < -0.3 is 9.52 Å². The van der Waals surface area contributed by atoms with Gasteiger partial charge in [0.15, 0.2) is 5.78 Å². The van der Waals surface area contributed by atoms with Crippen LogP contribution < -0.4 is 5.11 Å². The fourth-order valence-electron chi connectivity index (χ4n) is 6.56. The van der Waals surface area contributed by atoms with Gasteiger partial charge in [0.05, 0.1) is 17.0 Å². The number of Topliss-reactive ketones (excluding diaryl/α,β-unsaturated/α-hetero) is 1. The van der Waals surface area contributed by atoms with Gasteiger partial charge in [-0.2, -0.15) is 0 Å². The second-order valence-electron chi connectivity index (χ2n) is 11.1. The summed E-state index contributed by atoms with van der Waals surface area (Å²) in [5.41, 5.74) is 8.00. The largest absolute Gasteiger partial charge is 0.871 e. The van der Waals surface area contributed by atoms with Crippen LogP contribution in [0.5, 0.6) is 0 Å². The van der Waals surface area contributed by atoms with Crippen molar-refractivity contribution in [2.45, 2.75) is 0 Å². The molecule has 2 heterocycles. The molecule has 4 nitrogen and oxygen atoms in total. The maximum atomic E-state index is 14.4. The van der Waals surface area contributed by atoms with Crippen LogP contribution in [0.25, 0.3) is 67.2 Å². The first-order valence-electron chi connectivity index (χ1n) is 14.5. The number of hydrogen-bond donors (Lipinski definition) is 0. The molecule has 44 heavy (non-hydrogen) atoms. The lowest BCUT2D eigenvalue weighted by molar-refractivity contribution is -0.297. The van der Waals surface area contributed by atoms with E-state index in [0.29, 0.717) is 22.7 Å². The van der Waals surface area contributed by atoms with Crippen molar-refractivity contribution in [2.24, 2.45) is 0 Å². The van der Waals surface area contributed by atoms with Gasteiger partial charge in [-0.15, -0.1) is 0 Å². The number of carbonyl (C=O) groups excluding carboxylic acids is 1. The number of fused-ring (bicyclic) bond motifs is 4. The summed E-state index contributed by atoms with van der Waals surface area (Å²) in [4.78, 5) is 14.4. The Labute approximate surface area is 252 Å². The van der Waals surface area contributed by atoms with Gasteiger partial charge in [0.25, 0.3) is 0 Å². The van der Waals surface area contributed by atoms with Crippen LogP contribution in [0, 0.1) is 0 Å². The highest BCUT2D eigenvalue weighted by Crippen LogP contribution is 2.53. The average Bonchev–Trinajstić information content (AvgIpc) is 3.61. The third-order valence-electron chi connectivity index (χ3n) is 8.61. The van der Waals surface area contributed by atoms with Gasteiger partial charge in [0.1, 0.15) is 11.3 Å². The Morgan fingerprint density at radius 2 is 1.25 bits per heavy atom. The molecule has 0 saturated heterocycles. The first-order valence-corrected chi connectivity index (χ1v) is 14.5. The van der Waals surface area contributed by atoms with Crippen molar-refractivity contribution >= 4 is 50.5 Å². The van der Waals surface area contributed by atoms with Gasteiger partial charge in [-0.05, 0) is 47.0 Å². The summed E-state index contributed by atoms with van der Waals surface area (Å²) in [5.74, 6) is 0.720. The minimum atomic E-state index is -0.273. The molecule has 4 heteroatoms. The quantitative estimate of drug-likeness (QED) is 0.158. The third-order valence-corrected chi connectivity index (χ3v) is 8.61. The van der Waals surface area contributed by atoms with Crippen molar-refractivity contribution in [2.75, 3.05) is 0 Å². The molecule has 0 amide bonds. The summed E-state index contributed by atoms with van der Waals surface area (Å²) in [7, 11) is 0. The first kappa shape index (κ1) is 24.6. The van der Waals surface area contributed by atoms with Crippen LogP contribution in [-0.4, -0.2) is 5.78 Å². The van der Waals surface area contributed by atoms with E-state index in [0.717, 1.165) is 55.3 Å². The van der Waals surface area contributed by atoms with Crippen molar-refractivity contribution in [1.82, 2.24) is 0 Å². The maximum Gasteiger partial charge on any atom is 0.362 e. The number of carbonyl (C=O) groups is 1. The molecule has 0 fully saturated rings. The second-order valence-corrected chi connectivity index (χ2v) is 11.1. The molecule has 0 radical (unpaired) electrons. The Kier molecular flexibility index (Phi) is 5.17. The van der Waals surface area contributed by atoms with E-state index in [9.17, 15) is 9.90 Å². The lowest BCUT2D eigenvalue weighted by Gasteiger charge is -2.33. The molecular weight excluding hydrogens is 544 g/mol. The molecule has 1 aromatic heterocycles. The fraction of sp³-hybridized carbons (Fsp3) is 0. The first-order chi connectivity index (χ1) is 21.7. The highest BCUT2D eigenvalue weighted by Gasteiger charge is 2.41. The number of benzene rings is 4. The smallest absolute Gasteiger partial charge is 0.362 e. The Balaban J connectivity index is 1.32. The summed E-state index contributed by atoms with van der Waals surface area (Å²) in [6.45, 7) is 0. The number of ketones is 1. The van der Waals surface area contributed by atoms with Gasteiger partial charge in [0.2, 0.25) is 0 Å². The number of hydrogen-bond acceptors (Lipinski definition) is 3. The summed E-state index contributed by atoms with van der Waals surface area (Å²) in [6, 6.07) is 41.2. The molecule has 0 bridgehead atoms. The van der Waals surface area contributed by atoms with E-state index in [2.05, 4.69) is 0 Å². The van der Waals surface area contributed by atoms with E-state index >= 15 is 0 Å². The summed E-state index contributed by atoms with van der Waals surface area (Å²) < 4.78 is 12.6. The lowest BCUT2D eigenvalue weighted by Crippen LogP contribution is -2.30. The highest BCUT2D eigenvalue weighted by molar-refractivity contribution is 6.45. The van der Waals surface area contributed by atoms with E-state index in [1.54, 1.807) is 0 Å². The van der Waals surface area contributed by atoms with Crippen LogP contribution in [0.15, 0.2) is 148 Å². The van der Waals surface area contributed by atoms with Crippen LogP contribution in [0.3, 0.4) is 0 Å². The summed E-state index contributed by atoms with van der Waals surface area (Å²) in [6.07, 6.45) is 1.94. The van der Waals surface area contributed by atoms with Crippen LogP contribution in [0.2, 0.25) is 0 Å². The molecule has 206 valence electrons. The lowest BCUT2D eigenvalue weighted by atomic mass is 9.76. The zero-order valence-corrected chi connectivity index (χ0v) is 23.3. The van der Waals surface area contributed by atoms with E-state index < -0.39 is 0 Å². The van der Waals surface area contributed by atoms with Gasteiger partial charge in [-0.25, -0.2) is 4.42 Å². The van der Waals surface area contributed by atoms with Gasteiger partial charge in [-0.3, -0.25) is 4.79 Å². The molecular formula is C40H22O4. The van der Waals surface area contributed by atoms with E-state index in [-0.39, 0.29) is 22.7 Å². The molecule has 1 aliphatic heterocycles. The van der Waals surface area contributed by atoms with Crippen LogP contribution in [0.4, 0.5) is 0 Å². The highest BCUT2D eigenvalue weighted by atomic mass is 16.3. The normalized spacial score (nSPS) is 16.1. The Hall–Kier alpha value is -6.00. The number of allylic oxidation sites excluding steroid dienone is 4. The van der Waals surface area contributed by atoms with Gasteiger partial charge in [-0.1, -0.05) is 96.8 Å². The maximum absolute atomic E-state index is 14.4. The SMILES string of the molecule is O=C1C(c2c(-c3ccccc3)cc3oc4ccccc4cc2-3)=C([O-])/C1=C1/C(c2ccccc2)=Cc2[o+]c3ccccc3cc21. The van der Waals surface area contributed by atoms with Gasteiger partial charge in [0, 0.05) is 44.9 Å². The zero-order valence-electron chi connectivity index (χ0n) is 23.3. The Morgan fingerprint density at radius 3 is 2.02 bits per heavy atom. The van der Waals surface area contributed by atoms with Crippen molar-refractivity contribution < 1.29 is 18.7 Å². The van der Waals surface area contributed by atoms with Gasteiger partial charge >= 0.3 is 11.3 Å². The molecule has 9 rings (SSSR count). The molecule has 0 spiro atoms. The van der Waals surface area contributed by atoms with Crippen molar-refractivity contribution in [3.8, 4) is 22.5 Å². The molecule has 4 aliphatic rings. The molecule has 5 aromatic rings. The standard InChI is InChI=1S/C40H22O4/c41-39-37(35-27(23-11-3-1-4-12-23)21-33-29(35)19-25-15-7-9-17-31(25)43-33)40(42)38(39)36-28(24-13-5-2-6-14-24)22-34-30(36)20-26-16-8-10-18-32(26)44-34/h1-22H. The third kappa shape index (κ3) is 3.52. The molecule has 3 aliphatic carbocycles. The van der Waals surface area contributed by atoms with E-state index in [4.69, 9.17) is 8.83 Å². The topological polar surface area (TPSA) is 64.6 Å². The molecule has 0 atom stereocenters. The molecule has 4 aromatic carbocycles. The predicted molar refractivity (Wildman–Crippen MR) is 172 cm³/mol. The minimum absolute atomic E-state index is 0.186. The van der Waals surface area contributed by atoms with Crippen LogP contribution >= 0.6 is 0 Å². The minimum Gasteiger partial charge on any atom is -0.871 e. The molecule has 0 N–H and O–H groups in total. The second kappa shape index (κ2) is 9.25. The fourth-order valence-corrected chi connectivity index (χ4v) is 6.56. The Bertz CT molecular complexity index is 2390. The number of para-hydroxylation sites is 2. The predicted octanol–water partition coefficient (Wildman–Crippen LogP) is 8.89. The van der Waals surface area contributed by atoms with Crippen molar-refractivity contribution in [1.29, 1.82) is 0 Å². The molecule has 0 unspecified atom stereocenters. The van der Waals surface area contributed by atoms with E-state index in [1.807, 2.05) is 133 Å². The van der Waals surface area contributed by atoms with Crippen molar-refractivity contribution in [3.63, 3.8) is 0 Å². The summed E-state index contributed by atoms with van der Waals surface area (Å²) in [5, 5.41) is 16.2. The zero-order chi connectivity index (χ0) is 29.4. The summed E-state index contributed by atoms with van der Waals surface area (Å²) >= 11 is 0. The van der Waals surface area contributed by atoms with Crippen molar-refractivity contribution in [3.05, 3.63) is 161 Å². The Morgan fingerprint density at radius 1 is 0.591 bits per heavy atom.